The third kappa shape index (κ3) is 4.07. The van der Waals surface area contributed by atoms with Gasteiger partial charge < -0.3 is 24.4 Å². The van der Waals surface area contributed by atoms with Gasteiger partial charge in [0.05, 0.1) is 20.3 Å². The predicted octanol–water partition coefficient (Wildman–Crippen LogP) is 3.63. The fourth-order valence-corrected chi connectivity index (χ4v) is 3.76. The molecule has 0 radical (unpaired) electrons. The molecule has 6 nitrogen and oxygen atoms in total. The molecule has 0 heterocycles. The largest absolute Gasteiger partial charge is 0.507 e. The van der Waals surface area contributed by atoms with E-state index in [2.05, 4.69) is 0 Å². The number of hydrogen-bond acceptors (Lipinski definition) is 6. The first-order valence-corrected chi connectivity index (χ1v) is 9.47. The van der Waals surface area contributed by atoms with E-state index in [1.165, 1.54) is 14.2 Å². The Hall–Kier alpha value is -2.73. The van der Waals surface area contributed by atoms with Gasteiger partial charge in [0.2, 0.25) is 5.75 Å². The van der Waals surface area contributed by atoms with Crippen LogP contribution in [-0.4, -0.2) is 37.0 Å². The molecular formula is C22H26O6. The van der Waals surface area contributed by atoms with E-state index in [0.29, 0.717) is 54.1 Å². The topological polar surface area (TPSA) is 85.2 Å². The van der Waals surface area contributed by atoms with Crippen molar-refractivity contribution in [3.8, 4) is 34.1 Å². The summed E-state index contributed by atoms with van der Waals surface area (Å²) in [4.78, 5) is 11.1. The average Bonchev–Trinajstić information content (AvgIpc) is 2.71. The Morgan fingerprint density at radius 3 is 2.46 bits per heavy atom. The van der Waals surface area contributed by atoms with Crippen LogP contribution in [0.5, 0.6) is 23.0 Å². The van der Waals surface area contributed by atoms with E-state index in [1.54, 1.807) is 6.07 Å². The van der Waals surface area contributed by atoms with Gasteiger partial charge in [-0.1, -0.05) is 12.5 Å². The van der Waals surface area contributed by atoms with Gasteiger partial charge >= 0.3 is 0 Å². The van der Waals surface area contributed by atoms with Crippen LogP contribution < -0.4 is 14.2 Å². The molecule has 150 valence electrons. The van der Waals surface area contributed by atoms with Crippen LogP contribution in [-0.2, 0) is 17.6 Å². The minimum Gasteiger partial charge on any atom is -0.507 e. The van der Waals surface area contributed by atoms with E-state index in [4.69, 9.17) is 14.2 Å². The van der Waals surface area contributed by atoms with E-state index in [0.717, 1.165) is 30.4 Å². The van der Waals surface area contributed by atoms with Crippen molar-refractivity contribution >= 4 is 6.47 Å². The fraction of sp³-hybridized carbons (Fsp3) is 0.409. The van der Waals surface area contributed by atoms with E-state index in [-0.39, 0.29) is 11.9 Å². The minimum atomic E-state index is -0.365. The van der Waals surface area contributed by atoms with Crippen LogP contribution in [0.25, 0.3) is 11.1 Å². The maximum absolute atomic E-state index is 11.1. The maximum atomic E-state index is 11.1. The van der Waals surface area contributed by atoms with Gasteiger partial charge in [0.25, 0.3) is 6.47 Å². The zero-order valence-electron chi connectivity index (χ0n) is 16.2. The molecule has 1 aliphatic carbocycles. The number of hydrogen-bond donors (Lipinski definition) is 2. The van der Waals surface area contributed by atoms with Crippen molar-refractivity contribution in [2.75, 3.05) is 14.2 Å². The van der Waals surface area contributed by atoms with Crippen LogP contribution in [0.1, 0.15) is 36.8 Å². The lowest BCUT2D eigenvalue weighted by Gasteiger charge is -2.20. The van der Waals surface area contributed by atoms with Crippen molar-refractivity contribution in [2.24, 2.45) is 0 Å². The molecule has 3 rings (SSSR count). The highest BCUT2D eigenvalue weighted by molar-refractivity contribution is 5.82. The molecule has 6 heteroatoms. The lowest BCUT2D eigenvalue weighted by atomic mass is 9.95. The number of carbonyl (C=O) groups excluding carboxylic acids is 1. The molecule has 0 amide bonds. The first-order chi connectivity index (χ1) is 13.6. The number of aliphatic hydroxyl groups excluding tert-OH is 1. The van der Waals surface area contributed by atoms with E-state index < -0.39 is 0 Å². The summed E-state index contributed by atoms with van der Waals surface area (Å²) in [5.41, 5.74) is 3.09. The zero-order valence-corrected chi connectivity index (χ0v) is 16.2. The molecule has 1 atom stereocenters. The molecule has 0 aliphatic heterocycles. The predicted molar refractivity (Wildman–Crippen MR) is 105 cm³/mol. The SMILES string of the molecule is COc1c2cc(c(OC=O)c1OC)CCCC[C@H](O)CCc1ccc(O)c-2c1. The van der Waals surface area contributed by atoms with Gasteiger partial charge in [0, 0.05) is 11.1 Å². The van der Waals surface area contributed by atoms with Crippen molar-refractivity contribution in [1.82, 2.24) is 0 Å². The molecule has 0 spiro atoms. The van der Waals surface area contributed by atoms with Gasteiger partial charge in [-0.25, -0.2) is 0 Å². The summed E-state index contributed by atoms with van der Waals surface area (Å²) in [5, 5.41) is 20.8. The number of phenolic OH excluding ortho intramolecular Hbond substituents is 1. The molecule has 1 aliphatic rings. The van der Waals surface area contributed by atoms with Gasteiger partial charge in [0.15, 0.2) is 11.5 Å². The number of aryl methyl sites for hydroxylation is 2. The number of fused-ring (bicyclic) bond motifs is 5. The molecule has 0 unspecified atom stereocenters. The quantitative estimate of drug-likeness (QED) is 0.781. The number of methoxy groups -OCH3 is 2. The van der Waals surface area contributed by atoms with Gasteiger partial charge in [-0.15, -0.1) is 0 Å². The van der Waals surface area contributed by atoms with Gasteiger partial charge in [-0.05, 0) is 61.4 Å². The summed E-state index contributed by atoms with van der Waals surface area (Å²) in [6, 6.07) is 7.30. The second-order valence-corrected chi connectivity index (χ2v) is 6.98. The number of rotatable bonds is 4. The third-order valence-electron chi connectivity index (χ3n) is 5.19. The van der Waals surface area contributed by atoms with E-state index in [1.807, 2.05) is 18.2 Å². The third-order valence-corrected chi connectivity index (χ3v) is 5.19. The Balaban J connectivity index is 2.25. The van der Waals surface area contributed by atoms with Crippen molar-refractivity contribution in [2.45, 2.75) is 44.6 Å². The Labute approximate surface area is 164 Å². The number of phenols is 1. The van der Waals surface area contributed by atoms with Crippen molar-refractivity contribution in [1.29, 1.82) is 0 Å². The number of carbonyl (C=O) groups is 1. The van der Waals surface area contributed by atoms with Crippen LogP contribution in [0.15, 0.2) is 24.3 Å². The molecule has 0 saturated heterocycles. The van der Waals surface area contributed by atoms with Crippen molar-refractivity contribution in [3.05, 3.63) is 35.4 Å². The first-order valence-electron chi connectivity index (χ1n) is 9.47. The summed E-state index contributed by atoms with van der Waals surface area (Å²) < 4.78 is 16.3. The van der Waals surface area contributed by atoms with Gasteiger partial charge in [-0.2, -0.15) is 0 Å². The second kappa shape index (κ2) is 8.97. The highest BCUT2D eigenvalue weighted by Gasteiger charge is 2.24. The minimum absolute atomic E-state index is 0.120. The highest BCUT2D eigenvalue weighted by Crippen LogP contribution is 2.49. The molecule has 0 fully saturated rings. The lowest BCUT2D eigenvalue weighted by molar-refractivity contribution is -0.120. The van der Waals surface area contributed by atoms with Crippen LogP contribution in [0, 0.1) is 0 Å². The number of aliphatic hydroxyl groups is 1. The summed E-state index contributed by atoms with van der Waals surface area (Å²) in [7, 11) is 3.00. The second-order valence-electron chi connectivity index (χ2n) is 6.98. The molecule has 0 saturated carbocycles. The Morgan fingerprint density at radius 2 is 1.75 bits per heavy atom. The Morgan fingerprint density at radius 1 is 0.964 bits per heavy atom. The van der Waals surface area contributed by atoms with E-state index in [9.17, 15) is 15.0 Å². The van der Waals surface area contributed by atoms with E-state index >= 15 is 0 Å². The highest BCUT2D eigenvalue weighted by atomic mass is 16.6. The van der Waals surface area contributed by atoms with Crippen LogP contribution >= 0.6 is 0 Å². The van der Waals surface area contributed by atoms with Crippen LogP contribution in [0.3, 0.4) is 0 Å². The Bertz CT molecular complexity index is 845. The molecular weight excluding hydrogens is 360 g/mol. The Kier molecular flexibility index (Phi) is 6.41. The van der Waals surface area contributed by atoms with Crippen molar-refractivity contribution in [3.63, 3.8) is 0 Å². The molecule has 4 bridgehead atoms. The fourth-order valence-electron chi connectivity index (χ4n) is 3.76. The van der Waals surface area contributed by atoms with Crippen molar-refractivity contribution < 1.29 is 29.2 Å². The van der Waals surface area contributed by atoms with Crippen LogP contribution in [0.2, 0.25) is 0 Å². The number of aromatic hydroxyl groups is 1. The molecule has 28 heavy (non-hydrogen) atoms. The molecule has 2 N–H and O–H groups in total. The molecule has 0 aromatic heterocycles. The van der Waals surface area contributed by atoms with Gasteiger partial charge in [0.1, 0.15) is 5.75 Å². The van der Waals surface area contributed by atoms with Crippen LogP contribution in [0.4, 0.5) is 0 Å². The van der Waals surface area contributed by atoms with Gasteiger partial charge in [-0.3, -0.25) is 4.79 Å². The summed E-state index contributed by atoms with van der Waals surface area (Å²) in [6.07, 6.45) is 4.06. The summed E-state index contributed by atoms with van der Waals surface area (Å²) in [6.45, 7) is 0.372. The monoisotopic (exact) mass is 386 g/mol. The zero-order chi connectivity index (χ0) is 20.1. The maximum Gasteiger partial charge on any atom is 0.298 e. The lowest BCUT2D eigenvalue weighted by Crippen LogP contribution is -2.08. The number of ether oxygens (including phenoxy) is 3. The standard InChI is InChI=1S/C22H26O6/c1-26-21-18-12-15(20(28-13-23)22(21)27-2)5-3-4-6-16(24)9-7-14-8-10-19(25)17(18)11-14/h8,10-13,16,24-25H,3-7,9H2,1-2H3/t16-/m0/s1. The summed E-state index contributed by atoms with van der Waals surface area (Å²) >= 11 is 0. The smallest absolute Gasteiger partial charge is 0.298 e. The molecule has 2 aromatic rings. The first kappa shape index (κ1) is 20.0. The number of benzene rings is 2. The molecule has 2 aromatic carbocycles. The average molecular weight is 386 g/mol. The normalized spacial score (nSPS) is 16.9. The summed E-state index contributed by atoms with van der Waals surface area (Å²) in [5.74, 6) is 1.16.